The first-order chi connectivity index (χ1) is 13.5. The number of hydrogen-bond acceptors (Lipinski definition) is 9. The fraction of sp³-hybridized carbons (Fsp3) is 0.421. The van der Waals surface area contributed by atoms with Crippen molar-refractivity contribution >= 4 is 22.7 Å². The molecule has 1 atom stereocenters. The summed E-state index contributed by atoms with van der Waals surface area (Å²) in [7, 11) is 1.59. The summed E-state index contributed by atoms with van der Waals surface area (Å²) in [6.07, 6.45) is 3.83. The molecule has 2 aromatic heterocycles. The molecule has 0 aromatic carbocycles. The lowest BCUT2D eigenvalue weighted by atomic mass is 9.94. The Labute approximate surface area is 168 Å². The van der Waals surface area contributed by atoms with Crippen LogP contribution < -0.4 is 10.5 Å². The minimum atomic E-state index is -0.463. The van der Waals surface area contributed by atoms with Crippen molar-refractivity contribution in [2.24, 2.45) is 10.7 Å². The molecule has 3 rings (SSSR count). The van der Waals surface area contributed by atoms with Crippen molar-refractivity contribution in [2.45, 2.75) is 25.3 Å². The van der Waals surface area contributed by atoms with E-state index in [1.54, 1.807) is 18.9 Å². The van der Waals surface area contributed by atoms with Crippen LogP contribution in [0.15, 0.2) is 35.6 Å². The number of aromatic nitrogens is 3. The second-order valence-electron chi connectivity index (χ2n) is 6.52. The van der Waals surface area contributed by atoms with Gasteiger partial charge >= 0.3 is 0 Å². The quantitative estimate of drug-likeness (QED) is 0.528. The maximum absolute atomic E-state index is 12.6. The maximum Gasteiger partial charge on any atom is 0.232 e. The van der Waals surface area contributed by atoms with Gasteiger partial charge in [-0.05, 0) is 25.5 Å². The molecule has 0 bridgehead atoms. The number of nitrogens with two attached hydrogens (primary N) is 1. The van der Waals surface area contributed by atoms with Gasteiger partial charge < -0.3 is 15.2 Å². The molecule has 2 N–H and O–H groups in total. The van der Waals surface area contributed by atoms with Gasteiger partial charge in [0.05, 0.1) is 31.1 Å². The first kappa shape index (κ1) is 20.2. The number of hydrogen-bond donors (Lipinski definition) is 1. The number of carbonyl (C=O) groups excluding carboxylic acids is 1. The summed E-state index contributed by atoms with van der Waals surface area (Å²) in [5.41, 5.74) is 7.18. The third kappa shape index (κ3) is 5.05. The van der Waals surface area contributed by atoms with Gasteiger partial charge in [0.1, 0.15) is 17.8 Å². The van der Waals surface area contributed by atoms with Crippen LogP contribution in [0.2, 0.25) is 0 Å². The number of methoxy groups -OCH3 is 1. The van der Waals surface area contributed by atoms with E-state index in [2.05, 4.69) is 19.9 Å². The average Bonchev–Trinajstić information content (AvgIpc) is 2.69. The number of ether oxygens (including phenoxy) is 2. The molecular formula is C19H23N5O3S. The third-order valence-electron chi connectivity index (χ3n) is 4.35. The molecule has 0 unspecified atom stereocenters. The van der Waals surface area contributed by atoms with E-state index in [0.29, 0.717) is 30.0 Å². The van der Waals surface area contributed by atoms with Crippen molar-refractivity contribution in [1.29, 1.82) is 0 Å². The lowest BCUT2D eigenvalue weighted by Gasteiger charge is -2.28. The summed E-state index contributed by atoms with van der Waals surface area (Å²) in [6, 6.07) is 5.64. The predicted octanol–water partition coefficient (Wildman–Crippen LogP) is 1.99. The van der Waals surface area contributed by atoms with Crippen LogP contribution in [0.4, 0.5) is 0 Å². The summed E-state index contributed by atoms with van der Waals surface area (Å²) in [4.78, 5) is 30.0. The SMILES string of the molecule is COCCOc1cnc(C(=O)Cc2cccc([C@]3(C)CCSC(N)=N3)n2)cn1. The van der Waals surface area contributed by atoms with Crippen LogP contribution in [0.1, 0.15) is 35.2 Å². The number of thioether (sulfide) groups is 1. The summed E-state index contributed by atoms with van der Waals surface area (Å²) in [5.74, 6) is 1.09. The molecule has 9 heteroatoms. The molecule has 0 fully saturated rings. The molecule has 0 saturated carbocycles. The number of ketones is 1. The van der Waals surface area contributed by atoms with Gasteiger partial charge in [0.2, 0.25) is 5.88 Å². The highest BCUT2D eigenvalue weighted by atomic mass is 32.2. The van der Waals surface area contributed by atoms with Gasteiger partial charge in [0, 0.05) is 18.6 Å². The third-order valence-corrected chi connectivity index (χ3v) is 5.14. The highest BCUT2D eigenvalue weighted by Gasteiger charge is 2.31. The van der Waals surface area contributed by atoms with E-state index in [1.165, 1.54) is 12.4 Å². The van der Waals surface area contributed by atoms with Gasteiger partial charge in [-0.15, -0.1) is 0 Å². The van der Waals surface area contributed by atoms with Crippen molar-refractivity contribution in [3.05, 3.63) is 47.7 Å². The van der Waals surface area contributed by atoms with Crippen LogP contribution in [0.3, 0.4) is 0 Å². The average molecular weight is 401 g/mol. The maximum atomic E-state index is 12.6. The van der Waals surface area contributed by atoms with Crippen LogP contribution in [0.5, 0.6) is 5.88 Å². The number of pyridine rings is 1. The van der Waals surface area contributed by atoms with E-state index >= 15 is 0 Å². The number of rotatable bonds is 8. The summed E-state index contributed by atoms with van der Waals surface area (Å²) >= 11 is 1.55. The van der Waals surface area contributed by atoms with Crippen molar-refractivity contribution < 1.29 is 14.3 Å². The molecule has 0 radical (unpaired) electrons. The van der Waals surface area contributed by atoms with Gasteiger partial charge in [-0.1, -0.05) is 17.8 Å². The van der Waals surface area contributed by atoms with E-state index in [-0.39, 0.29) is 17.9 Å². The standard InChI is InChI=1S/C19H23N5O3S/c1-19(6-9-28-18(20)24-19)16-5-3-4-13(23-16)10-15(25)14-11-22-17(12-21-14)27-8-7-26-2/h3-5,11-12H,6-10H2,1-2H3,(H2,20,24)/t19-/m0/s1. The van der Waals surface area contributed by atoms with Crippen molar-refractivity contribution in [1.82, 2.24) is 15.0 Å². The molecule has 1 aliphatic heterocycles. The summed E-state index contributed by atoms with van der Waals surface area (Å²) < 4.78 is 10.3. The van der Waals surface area contributed by atoms with E-state index in [4.69, 9.17) is 15.2 Å². The smallest absolute Gasteiger partial charge is 0.232 e. The zero-order valence-corrected chi connectivity index (χ0v) is 16.7. The minimum Gasteiger partial charge on any atom is -0.474 e. The largest absolute Gasteiger partial charge is 0.474 e. The fourth-order valence-corrected chi connectivity index (χ4v) is 3.74. The van der Waals surface area contributed by atoms with E-state index < -0.39 is 5.54 Å². The number of carbonyl (C=O) groups is 1. The summed E-state index contributed by atoms with van der Waals surface area (Å²) in [6.45, 7) is 2.85. The van der Waals surface area contributed by atoms with Gasteiger partial charge in [-0.2, -0.15) is 0 Å². The number of amidine groups is 1. The first-order valence-corrected chi connectivity index (χ1v) is 9.90. The number of aliphatic imine (C=N–C) groups is 1. The molecule has 1 aliphatic rings. The molecule has 0 spiro atoms. The molecule has 3 heterocycles. The highest BCUT2D eigenvalue weighted by Crippen LogP contribution is 2.33. The van der Waals surface area contributed by atoms with Gasteiger partial charge in [0.25, 0.3) is 0 Å². The molecular weight excluding hydrogens is 378 g/mol. The Balaban J connectivity index is 1.68. The molecule has 28 heavy (non-hydrogen) atoms. The Morgan fingerprint density at radius 3 is 2.86 bits per heavy atom. The zero-order valence-electron chi connectivity index (χ0n) is 15.9. The molecule has 8 nitrogen and oxygen atoms in total. The lowest BCUT2D eigenvalue weighted by Crippen LogP contribution is -2.30. The van der Waals surface area contributed by atoms with E-state index in [1.807, 2.05) is 25.1 Å². The number of nitrogens with zero attached hydrogens (tertiary/aromatic N) is 4. The second kappa shape index (κ2) is 9.11. The first-order valence-electron chi connectivity index (χ1n) is 8.92. The lowest BCUT2D eigenvalue weighted by molar-refractivity contribution is 0.0986. The highest BCUT2D eigenvalue weighted by molar-refractivity contribution is 8.13. The topological polar surface area (TPSA) is 113 Å². The van der Waals surface area contributed by atoms with E-state index in [9.17, 15) is 4.79 Å². The van der Waals surface area contributed by atoms with Gasteiger partial charge in [-0.25, -0.2) is 15.0 Å². The second-order valence-corrected chi connectivity index (χ2v) is 7.63. The van der Waals surface area contributed by atoms with Crippen LogP contribution in [0, 0.1) is 0 Å². The zero-order chi connectivity index (χ0) is 20.0. The Bertz CT molecular complexity index is 859. The minimum absolute atomic E-state index is 0.135. The molecule has 0 amide bonds. The van der Waals surface area contributed by atoms with Crippen LogP contribution in [-0.4, -0.2) is 52.0 Å². The Morgan fingerprint density at radius 2 is 2.14 bits per heavy atom. The molecule has 0 aliphatic carbocycles. The van der Waals surface area contributed by atoms with Crippen LogP contribution in [0.25, 0.3) is 0 Å². The van der Waals surface area contributed by atoms with Crippen molar-refractivity contribution in [3.8, 4) is 5.88 Å². The Kier molecular flexibility index (Phi) is 6.58. The number of Topliss-reactive ketones (excluding diaryl/α,β-unsaturated/α-hetero) is 1. The van der Waals surface area contributed by atoms with Gasteiger partial charge in [-0.3, -0.25) is 9.78 Å². The van der Waals surface area contributed by atoms with Gasteiger partial charge in [0.15, 0.2) is 11.0 Å². The Hall–Kier alpha value is -2.52. The van der Waals surface area contributed by atoms with Crippen LogP contribution >= 0.6 is 11.8 Å². The van der Waals surface area contributed by atoms with Crippen molar-refractivity contribution in [2.75, 3.05) is 26.1 Å². The predicted molar refractivity (Wildman–Crippen MR) is 108 cm³/mol. The summed E-state index contributed by atoms with van der Waals surface area (Å²) in [5, 5.41) is 0.570. The van der Waals surface area contributed by atoms with Crippen LogP contribution in [-0.2, 0) is 16.7 Å². The Morgan fingerprint density at radius 1 is 1.29 bits per heavy atom. The monoisotopic (exact) mass is 401 g/mol. The fourth-order valence-electron chi connectivity index (χ4n) is 2.77. The molecule has 0 saturated heterocycles. The normalized spacial score (nSPS) is 19.1. The van der Waals surface area contributed by atoms with E-state index in [0.717, 1.165) is 17.9 Å². The van der Waals surface area contributed by atoms with Crippen molar-refractivity contribution in [3.63, 3.8) is 0 Å². The molecule has 2 aromatic rings. The molecule has 148 valence electrons.